The largest absolute Gasteiger partial charge is 0.302 e. The van der Waals surface area contributed by atoms with Crippen LogP contribution in [0.2, 0.25) is 0 Å². The quantitative estimate of drug-likeness (QED) is 0.886. The Morgan fingerprint density at radius 3 is 2.76 bits per heavy atom. The van der Waals surface area contributed by atoms with Crippen LogP contribution < -0.4 is 5.32 Å². The van der Waals surface area contributed by atoms with Crippen molar-refractivity contribution in [2.45, 2.75) is 40.2 Å². The van der Waals surface area contributed by atoms with E-state index < -0.39 is 5.95 Å². The molecule has 0 saturated carbocycles. The van der Waals surface area contributed by atoms with Gasteiger partial charge >= 0.3 is 0 Å². The van der Waals surface area contributed by atoms with Gasteiger partial charge < -0.3 is 5.32 Å². The maximum absolute atomic E-state index is 14.0. The zero-order valence-corrected chi connectivity index (χ0v) is 15.6. The van der Waals surface area contributed by atoms with Gasteiger partial charge in [-0.1, -0.05) is 11.3 Å². The predicted molar refractivity (Wildman–Crippen MR) is 97.2 cm³/mol. The summed E-state index contributed by atoms with van der Waals surface area (Å²) in [5.74, 6) is -0.131. The second kappa shape index (κ2) is 7.58. The number of aromatic nitrogens is 2. The molecule has 3 heterocycles. The van der Waals surface area contributed by atoms with Crippen molar-refractivity contribution in [3.05, 3.63) is 39.9 Å². The molecule has 1 N–H and O–H groups in total. The number of nitrogens with one attached hydrogen (secondary N) is 1. The number of anilines is 1. The van der Waals surface area contributed by atoms with Crippen molar-refractivity contribution >= 4 is 22.4 Å². The van der Waals surface area contributed by atoms with Gasteiger partial charge in [-0.25, -0.2) is 0 Å². The van der Waals surface area contributed by atoms with Crippen LogP contribution in [0.25, 0.3) is 0 Å². The highest BCUT2D eigenvalue weighted by atomic mass is 32.1. The van der Waals surface area contributed by atoms with Crippen molar-refractivity contribution in [2.75, 3.05) is 18.4 Å². The molecule has 0 spiro atoms. The summed E-state index contributed by atoms with van der Waals surface area (Å²) in [6.07, 6.45) is 2.14. The molecule has 1 aliphatic rings. The number of halogens is 1. The van der Waals surface area contributed by atoms with Crippen LogP contribution in [-0.4, -0.2) is 33.9 Å². The van der Waals surface area contributed by atoms with Crippen molar-refractivity contribution in [1.82, 2.24) is 14.9 Å². The zero-order chi connectivity index (χ0) is 18.0. The Bertz CT molecular complexity index is 756. The van der Waals surface area contributed by atoms with E-state index in [0.29, 0.717) is 22.5 Å². The van der Waals surface area contributed by atoms with E-state index in [1.807, 2.05) is 13.8 Å². The van der Waals surface area contributed by atoms with Crippen LogP contribution in [0.3, 0.4) is 0 Å². The highest BCUT2D eigenvalue weighted by Gasteiger charge is 2.25. The summed E-state index contributed by atoms with van der Waals surface area (Å²) in [5.41, 5.74) is 3.44. The van der Waals surface area contributed by atoms with Gasteiger partial charge in [-0.2, -0.15) is 9.37 Å². The van der Waals surface area contributed by atoms with Gasteiger partial charge in [0.2, 0.25) is 11.9 Å². The Hall–Kier alpha value is -1.86. The summed E-state index contributed by atoms with van der Waals surface area (Å²) >= 11 is 1.22. The molecule has 0 unspecified atom stereocenters. The van der Waals surface area contributed by atoms with Crippen molar-refractivity contribution in [3.8, 4) is 0 Å². The van der Waals surface area contributed by atoms with Crippen LogP contribution in [-0.2, 0) is 17.8 Å². The number of amides is 1. The first-order valence-corrected chi connectivity index (χ1v) is 9.30. The van der Waals surface area contributed by atoms with Crippen molar-refractivity contribution in [2.24, 2.45) is 5.92 Å². The van der Waals surface area contributed by atoms with Gasteiger partial charge in [-0.3, -0.25) is 14.7 Å². The van der Waals surface area contributed by atoms with E-state index >= 15 is 0 Å². The second-order valence-electron chi connectivity index (χ2n) is 6.77. The lowest BCUT2D eigenvalue weighted by molar-refractivity contribution is -0.114. The summed E-state index contributed by atoms with van der Waals surface area (Å²) in [7, 11) is 0. The molecule has 1 saturated heterocycles. The molecule has 3 rings (SSSR count). The summed E-state index contributed by atoms with van der Waals surface area (Å²) in [6.45, 7) is 7.90. The number of nitrogens with zero attached hydrogens (tertiary/aromatic N) is 3. The third-order valence-electron chi connectivity index (χ3n) is 4.34. The molecule has 0 aliphatic carbocycles. The Balaban J connectivity index is 1.58. The van der Waals surface area contributed by atoms with E-state index in [-0.39, 0.29) is 5.91 Å². The molecule has 0 radical (unpaired) electrons. The SMILES string of the molecule is CC(=O)Nc1nc(F)c(CN2CC[C@H](Cc3cc(C)nc(C)c3)C2)s1. The number of rotatable bonds is 5. The normalized spacial score (nSPS) is 17.8. The third kappa shape index (κ3) is 4.83. The minimum Gasteiger partial charge on any atom is -0.302 e. The van der Waals surface area contributed by atoms with Crippen LogP contribution in [0, 0.1) is 25.7 Å². The fourth-order valence-electron chi connectivity index (χ4n) is 3.43. The van der Waals surface area contributed by atoms with Crippen molar-refractivity contribution in [1.29, 1.82) is 0 Å². The van der Waals surface area contributed by atoms with Crippen LogP contribution in [0.4, 0.5) is 9.52 Å². The van der Waals surface area contributed by atoms with Crippen LogP contribution in [0.1, 0.15) is 35.2 Å². The van der Waals surface area contributed by atoms with Gasteiger partial charge in [-0.15, -0.1) is 0 Å². The summed E-state index contributed by atoms with van der Waals surface area (Å²) in [5, 5.41) is 2.88. The van der Waals surface area contributed by atoms with E-state index in [1.54, 1.807) is 0 Å². The topological polar surface area (TPSA) is 58.1 Å². The molecular weight excluding hydrogens is 339 g/mol. The molecule has 134 valence electrons. The van der Waals surface area contributed by atoms with Gasteiger partial charge in [0.1, 0.15) is 0 Å². The van der Waals surface area contributed by atoms with Gasteiger partial charge in [0.05, 0.1) is 4.88 Å². The average molecular weight is 362 g/mol. The van der Waals surface area contributed by atoms with E-state index in [1.165, 1.54) is 23.8 Å². The molecule has 1 amide bonds. The summed E-state index contributed by atoms with van der Waals surface area (Å²) < 4.78 is 14.0. The Labute approximate surface area is 151 Å². The molecule has 25 heavy (non-hydrogen) atoms. The van der Waals surface area contributed by atoms with Crippen LogP contribution in [0.5, 0.6) is 0 Å². The van der Waals surface area contributed by atoms with Gasteiger partial charge in [0.25, 0.3) is 0 Å². The Morgan fingerprint density at radius 1 is 1.36 bits per heavy atom. The molecule has 0 bridgehead atoms. The van der Waals surface area contributed by atoms with Crippen molar-refractivity contribution in [3.63, 3.8) is 0 Å². The maximum atomic E-state index is 14.0. The Morgan fingerprint density at radius 2 is 2.08 bits per heavy atom. The highest BCUT2D eigenvalue weighted by molar-refractivity contribution is 7.15. The lowest BCUT2D eigenvalue weighted by atomic mass is 9.98. The average Bonchev–Trinajstić information content (AvgIpc) is 3.05. The molecule has 2 aromatic rings. The fraction of sp³-hybridized carbons (Fsp3) is 0.500. The number of aryl methyl sites for hydroxylation is 2. The number of hydrogen-bond acceptors (Lipinski definition) is 5. The van der Waals surface area contributed by atoms with E-state index in [2.05, 4.69) is 32.3 Å². The number of hydrogen-bond donors (Lipinski definition) is 1. The first-order chi connectivity index (χ1) is 11.9. The molecular formula is C18H23FN4OS. The smallest absolute Gasteiger partial charge is 0.230 e. The van der Waals surface area contributed by atoms with E-state index in [0.717, 1.165) is 37.3 Å². The van der Waals surface area contributed by atoms with E-state index in [4.69, 9.17) is 0 Å². The maximum Gasteiger partial charge on any atom is 0.230 e. The molecule has 1 atom stereocenters. The first kappa shape index (κ1) is 17.9. The van der Waals surface area contributed by atoms with Crippen LogP contribution in [0.15, 0.2) is 12.1 Å². The number of carbonyl (C=O) groups excluding carboxylic acids is 1. The lowest BCUT2D eigenvalue weighted by Crippen LogP contribution is -2.20. The Kier molecular flexibility index (Phi) is 5.44. The van der Waals surface area contributed by atoms with Gasteiger partial charge in [0.15, 0.2) is 5.13 Å². The summed E-state index contributed by atoms with van der Waals surface area (Å²) in [4.78, 5) is 22.1. The van der Waals surface area contributed by atoms with Gasteiger partial charge in [-0.05, 0) is 56.8 Å². The second-order valence-corrected chi connectivity index (χ2v) is 7.85. The van der Waals surface area contributed by atoms with Crippen molar-refractivity contribution < 1.29 is 9.18 Å². The first-order valence-electron chi connectivity index (χ1n) is 8.48. The third-order valence-corrected chi connectivity index (χ3v) is 5.27. The number of pyridine rings is 1. The lowest BCUT2D eigenvalue weighted by Gasteiger charge is -2.15. The molecule has 7 heteroatoms. The standard InChI is InChI=1S/C18H23FN4OS/c1-11-6-15(7-12(2)20-11)8-14-4-5-23(9-14)10-16-17(19)22-18(25-16)21-13(3)24/h6-7,14H,4-5,8-10H2,1-3H3,(H,21,22,24)/t14-/m1/s1. The number of likely N-dealkylation sites (tertiary alicyclic amines) is 1. The van der Waals surface area contributed by atoms with E-state index in [9.17, 15) is 9.18 Å². The highest BCUT2D eigenvalue weighted by Crippen LogP contribution is 2.27. The summed E-state index contributed by atoms with van der Waals surface area (Å²) in [6, 6.07) is 4.30. The fourth-order valence-corrected chi connectivity index (χ4v) is 4.36. The molecule has 1 fully saturated rings. The molecule has 0 aromatic carbocycles. The monoisotopic (exact) mass is 362 g/mol. The zero-order valence-electron chi connectivity index (χ0n) is 14.8. The molecule has 5 nitrogen and oxygen atoms in total. The predicted octanol–water partition coefficient (Wildman–Crippen LogP) is 3.32. The van der Waals surface area contributed by atoms with Crippen LogP contribution >= 0.6 is 11.3 Å². The number of carbonyl (C=O) groups is 1. The minimum atomic E-state index is -0.474. The number of thiazole rings is 1. The molecule has 2 aromatic heterocycles. The van der Waals surface area contributed by atoms with Gasteiger partial charge in [0, 0.05) is 31.4 Å². The minimum absolute atomic E-state index is 0.232. The molecule has 1 aliphatic heterocycles.